The summed E-state index contributed by atoms with van der Waals surface area (Å²) in [6, 6.07) is 15.5. The number of ether oxygens (including phenoxy) is 2. The molecule has 0 N–H and O–H groups in total. The number of fused-ring (bicyclic) bond motifs is 1. The average molecular weight is 402 g/mol. The van der Waals surface area contributed by atoms with Gasteiger partial charge in [0.25, 0.3) is 5.91 Å². The van der Waals surface area contributed by atoms with E-state index in [-0.39, 0.29) is 25.6 Å². The number of halogens is 3. The summed E-state index contributed by atoms with van der Waals surface area (Å²) in [5, 5.41) is 2.08. The third-order valence-electron chi connectivity index (χ3n) is 4.64. The second-order valence-electron chi connectivity index (χ2n) is 6.69. The quantitative estimate of drug-likeness (QED) is 0.649. The summed E-state index contributed by atoms with van der Waals surface area (Å²) in [7, 11) is 0. The molecule has 1 saturated heterocycles. The van der Waals surface area contributed by atoms with Gasteiger partial charge in [0.15, 0.2) is 6.61 Å². The molecular weight excluding hydrogens is 385 g/mol. The second-order valence-corrected chi connectivity index (χ2v) is 6.69. The molecule has 1 aliphatic heterocycles. The van der Waals surface area contributed by atoms with Gasteiger partial charge in [-0.05, 0) is 35.0 Å². The molecule has 5 nitrogen and oxygen atoms in total. The number of aromatic nitrogens is 1. The maximum atomic E-state index is 13.0. The first-order valence-corrected chi connectivity index (χ1v) is 8.98. The number of carbonyl (C=O) groups excluding carboxylic acids is 1. The minimum absolute atomic E-state index is 0.150. The van der Waals surface area contributed by atoms with E-state index in [9.17, 15) is 18.0 Å². The molecule has 8 heteroatoms. The Morgan fingerprint density at radius 1 is 1.07 bits per heavy atom. The highest BCUT2D eigenvalue weighted by Crippen LogP contribution is 2.35. The van der Waals surface area contributed by atoms with Gasteiger partial charge in [-0.3, -0.25) is 4.79 Å². The maximum Gasteiger partial charge on any atom is 0.421 e. The van der Waals surface area contributed by atoms with Crippen molar-refractivity contribution in [3.63, 3.8) is 0 Å². The van der Waals surface area contributed by atoms with E-state index >= 15 is 0 Å². The Kier molecular flexibility index (Phi) is 5.00. The van der Waals surface area contributed by atoms with Gasteiger partial charge in [-0.15, -0.1) is 0 Å². The van der Waals surface area contributed by atoms with E-state index in [4.69, 9.17) is 9.47 Å². The molecule has 0 spiro atoms. The number of benzene rings is 2. The van der Waals surface area contributed by atoms with Crippen LogP contribution in [-0.4, -0.2) is 41.6 Å². The molecule has 3 aromatic rings. The Balaban J connectivity index is 1.29. The molecule has 29 heavy (non-hydrogen) atoms. The van der Waals surface area contributed by atoms with Crippen LogP contribution in [0.3, 0.4) is 0 Å². The molecule has 150 valence electrons. The summed E-state index contributed by atoms with van der Waals surface area (Å²) < 4.78 is 49.8. The fraction of sp³-hybridized carbons (Fsp3) is 0.238. The van der Waals surface area contributed by atoms with E-state index in [1.54, 1.807) is 6.07 Å². The van der Waals surface area contributed by atoms with Crippen LogP contribution in [0.1, 0.15) is 5.56 Å². The lowest BCUT2D eigenvalue weighted by Gasteiger charge is -2.38. The van der Waals surface area contributed by atoms with Gasteiger partial charge in [0.2, 0.25) is 5.88 Å². The highest BCUT2D eigenvalue weighted by atomic mass is 19.4. The summed E-state index contributed by atoms with van der Waals surface area (Å²) in [5.41, 5.74) is -0.926. The van der Waals surface area contributed by atoms with Crippen LogP contribution < -0.4 is 9.47 Å². The van der Waals surface area contributed by atoms with Crippen LogP contribution in [0.5, 0.6) is 11.6 Å². The third kappa shape index (κ3) is 4.26. The van der Waals surface area contributed by atoms with E-state index in [0.717, 1.165) is 16.8 Å². The molecule has 2 heterocycles. The van der Waals surface area contributed by atoms with Crippen molar-refractivity contribution in [3.8, 4) is 11.6 Å². The number of alkyl halides is 3. The van der Waals surface area contributed by atoms with E-state index in [1.165, 1.54) is 17.2 Å². The number of nitrogens with zero attached hydrogens (tertiary/aromatic N) is 2. The lowest BCUT2D eigenvalue weighted by atomic mass is 10.1. The zero-order valence-electron chi connectivity index (χ0n) is 15.2. The van der Waals surface area contributed by atoms with E-state index < -0.39 is 23.7 Å². The third-order valence-corrected chi connectivity index (χ3v) is 4.64. The molecule has 1 aromatic heterocycles. The van der Waals surface area contributed by atoms with E-state index in [2.05, 4.69) is 4.98 Å². The molecule has 0 bridgehead atoms. The van der Waals surface area contributed by atoms with Gasteiger partial charge in [0, 0.05) is 6.20 Å². The summed E-state index contributed by atoms with van der Waals surface area (Å²) in [6.45, 7) is 0.226. The van der Waals surface area contributed by atoms with Gasteiger partial charge >= 0.3 is 6.18 Å². The molecule has 1 fully saturated rings. The highest BCUT2D eigenvalue weighted by Gasteiger charge is 2.38. The lowest BCUT2D eigenvalue weighted by molar-refractivity contribution is -0.146. The molecule has 0 aliphatic carbocycles. The minimum Gasteiger partial charge on any atom is -0.484 e. The van der Waals surface area contributed by atoms with Crippen molar-refractivity contribution in [2.45, 2.75) is 12.3 Å². The Hall–Kier alpha value is -3.29. The standard InChI is InChI=1S/C21H17F3N2O3/c22-21(23,24)18-6-3-9-25-20(18)29-17-11-26(12-17)19(27)13-28-16-8-7-14-4-1-2-5-15(14)10-16/h1-10,17H,11-13H2. The van der Waals surface area contributed by atoms with Gasteiger partial charge in [-0.1, -0.05) is 30.3 Å². The van der Waals surface area contributed by atoms with Crippen LogP contribution >= 0.6 is 0 Å². The Bertz CT molecular complexity index is 1030. The topological polar surface area (TPSA) is 51.7 Å². The molecule has 0 radical (unpaired) electrons. The molecule has 2 aromatic carbocycles. The minimum atomic E-state index is -4.55. The summed E-state index contributed by atoms with van der Waals surface area (Å²) in [5.74, 6) is -0.145. The maximum absolute atomic E-state index is 13.0. The zero-order valence-corrected chi connectivity index (χ0v) is 15.2. The Morgan fingerprint density at radius 3 is 2.59 bits per heavy atom. The van der Waals surface area contributed by atoms with Gasteiger partial charge in [-0.25, -0.2) is 4.98 Å². The summed E-state index contributed by atoms with van der Waals surface area (Å²) >= 11 is 0. The molecule has 0 atom stereocenters. The van der Waals surface area contributed by atoms with Gasteiger partial charge in [-0.2, -0.15) is 13.2 Å². The monoisotopic (exact) mass is 402 g/mol. The fourth-order valence-electron chi connectivity index (χ4n) is 3.07. The van der Waals surface area contributed by atoms with Crippen molar-refractivity contribution in [2.24, 2.45) is 0 Å². The van der Waals surface area contributed by atoms with Crippen molar-refractivity contribution in [1.82, 2.24) is 9.88 Å². The van der Waals surface area contributed by atoms with Gasteiger partial charge < -0.3 is 14.4 Å². The highest BCUT2D eigenvalue weighted by molar-refractivity contribution is 5.84. The summed E-state index contributed by atoms with van der Waals surface area (Å²) in [4.78, 5) is 17.4. The number of rotatable bonds is 5. The first-order chi connectivity index (χ1) is 13.9. The molecule has 4 rings (SSSR count). The number of pyridine rings is 1. The number of hydrogen-bond acceptors (Lipinski definition) is 4. The second kappa shape index (κ2) is 7.62. The fourth-order valence-corrected chi connectivity index (χ4v) is 3.07. The predicted molar refractivity (Wildman–Crippen MR) is 99.7 cm³/mol. The molecule has 0 unspecified atom stereocenters. The summed E-state index contributed by atoms with van der Waals surface area (Å²) in [6.07, 6.45) is -3.84. The predicted octanol–water partition coefficient (Wildman–Crippen LogP) is 3.92. The van der Waals surface area contributed by atoms with Crippen LogP contribution in [-0.2, 0) is 11.0 Å². The Labute approximate surface area is 164 Å². The zero-order chi connectivity index (χ0) is 20.4. The number of amides is 1. The molecule has 1 amide bonds. The van der Waals surface area contributed by atoms with Crippen molar-refractivity contribution in [2.75, 3.05) is 19.7 Å². The van der Waals surface area contributed by atoms with Crippen LogP contribution in [0, 0.1) is 0 Å². The Morgan fingerprint density at radius 2 is 1.83 bits per heavy atom. The van der Waals surface area contributed by atoms with Gasteiger partial charge in [0.05, 0.1) is 13.1 Å². The van der Waals surface area contributed by atoms with E-state index in [1.807, 2.05) is 36.4 Å². The largest absolute Gasteiger partial charge is 0.484 e. The number of likely N-dealkylation sites (tertiary alicyclic amines) is 1. The van der Waals surface area contributed by atoms with E-state index in [0.29, 0.717) is 5.75 Å². The SMILES string of the molecule is O=C(COc1ccc2ccccc2c1)N1CC(Oc2ncccc2C(F)(F)F)C1. The molecule has 0 saturated carbocycles. The van der Waals surface area contributed by atoms with Crippen LogP contribution in [0.15, 0.2) is 60.8 Å². The smallest absolute Gasteiger partial charge is 0.421 e. The van der Waals surface area contributed by atoms with Crippen LogP contribution in [0.4, 0.5) is 13.2 Å². The van der Waals surface area contributed by atoms with Crippen LogP contribution in [0.2, 0.25) is 0 Å². The normalized spacial score (nSPS) is 14.5. The molecule has 1 aliphatic rings. The number of carbonyl (C=O) groups is 1. The first-order valence-electron chi connectivity index (χ1n) is 8.98. The first kappa shape index (κ1) is 19.0. The van der Waals surface area contributed by atoms with Crippen molar-refractivity contribution in [3.05, 3.63) is 66.4 Å². The van der Waals surface area contributed by atoms with Crippen molar-refractivity contribution >= 4 is 16.7 Å². The van der Waals surface area contributed by atoms with Crippen molar-refractivity contribution in [1.29, 1.82) is 0 Å². The number of hydrogen-bond donors (Lipinski definition) is 0. The molecular formula is C21H17F3N2O3. The lowest BCUT2D eigenvalue weighted by Crippen LogP contribution is -2.57. The van der Waals surface area contributed by atoms with Crippen molar-refractivity contribution < 1.29 is 27.4 Å². The average Bonchev–Trinajstić information content (AvgIpc) is 2.68. The van der Waals surface area contributed by atoms with Crippen LogP contribution in [0.25, 0.3) is 10.8 Å². The van der Waals surface area contributed by atoms with Gasteiger partial charge in [0.1, 0.15) is 17.4 Å².